The Hall–Kier alpha value is -3.10. The van der Waals surface area contributed by atoms with E-state index in [2.05, 4.69) is 10.5 Å². The topological polar surface area (TPSA) is 97.8 Å². The summed E-state index contributed by atoms with van der Waals surface area (Å²) >= 11 is 6.22. The molecule has 9 heteroatoms. The van der Waals surface area contributed by atoms with Crippen LogP contribution in [0.3, 0.4) is 0 Å². The van der Waals surface area contributed by atoms with E-state index < -0.39 is 0 Å². The Morgan fingerprint density at radius 2 is 2.09 bits per heavy atom. The summed E-state index contributed by atoms with van der Waals surface area (Å²) in [5.74, 6) is 0.581. The van der Waals surface area contributed by atoms with E-state index in [4.69, 9.17) is 25.3 Å². The molecule has 0 aliphatic carbocycles. The quantitative estimate of drug-likeness (QED) is 0.523. The zero-order chi connectivity index (χ0) is 22.3. The fourth-order valence-electron chi connectivity index (χ4n) is 3.56. The second kappa shape index (κ2) is 10.5. The van der Waals surface area contributed by atoms with Gasteiger partial charge >= 0.3 is 0 Å². The van der Waals surface area contributed by atoms with E-state index in [1.165, 1.54) is 0 Å². The van der Waals surface area contributed by atoms with Gasteiger partial charge in [0.2, 0.25) is 5.91 Å². The standard InChI is InChI=1S/C23H24ClN3O5/c24-19-8-2-1-7-18(19)21-13-20(26-32-21)23(29)27(15-17-6-4-12-31-17)10-9-22(28)25-14-16-5-3-11-30-16/h1-3,5,7-8,11,13,17H,4,6,9-10,12,14-15H2,(H,25,28)/t17-/m1/s1. The van der Waals surface area contributed by atoms with Crippen LogP contribution in [0.15, 0.2) is 57.7 Å². The Kier molecular flexibility index (Phi) is 7.24. The van der Waals surface area contributed by atoms with Crippen LogP contribution in [0.5, 0.6) is 0 Å². The van der Waals surface area contributed by atoms with Gasteiger partial charge in [-0.2, -0.15) is 0 Å². The van der Waals surface area contributed by atoms with Crippen molar-refractivity contribution >= 4 is 23.4 Å². The molecule has 0 radical (unpaired) electrons. The van der Waals surface area contributed by atoms with Crippen LogP contribution in [0.25, 0.3) is 11.3 Å². The first-order chi connectivity index (χ1) is 15.6. The van der Waals surface area contributed by atoms with Crippen molar-refractivity contribution in [3.05, 3.63) is 65.2 Å². The number of carbonyl (C=O) groups excluding carboxylic acids is 2. The molecule has 1 aliphatic heterocycles. The zero-order valence-electron chi connectivity index (χ0n) is 17.5. The van der Waals surface area contributed by atoms with Gasteiger partial charge in [-0.3, -0.25) is 9.59 Å². The van der Waals surface area contributed by atoms with Crippen LogP contribution < -0.4 is 5.32 Å². The number of rotatable bonds is 9. The van der Waals surface area contributed by atoms with E-state index >= 15 is 0 Å². The molecule has 0 bridgehead atoms. The zero-order valence-corrected chi connectivity index (χ0v) is 18.2. The Labute approximate surface area is 190 Å². The first kappa shape index (κ1) is 22.1. The van der Waals surface area contributed by atoms with E-state index in [1.807, 2.05) is 12.1 Å². The molecular weight excluding hydrogens is 434 g/mol. The van der Waals surface area contributed by atoms with Crippen molar-refractivity contribution in [3.63, 3.8) is 0 Å². The number of nitrogens with one attached hydrogen (secondary N) is 1. The molecule has 0 spiro atoms. The van der Waals surface area contributed by atoms with E-state index in [1.54, 1.807) is 41.5 Å². The number of furan rings is 1. The number of halogens is 1. The van der Waals surface area contributed by atoms with Crippen LogP contribution in [0, 0.1) is 0 Å². The minimum atomic E-state index is -0.318. The van der Waals surface area contributed by atoms with Gasteiger partial charge in [0.25, 0.3) is 5.91 Å². The lowest BCUT2D eigenvalue weighted by Crippen LogP contribution is -2.40. The number of hydrogen-bond acceptors (Lipinski definition) is 6. The van der Waals surface area contributed by atoms with Gasteiger partial charge in [0.15, 0.2) is 11.5 Å². The van der Waals surface area contributed by atoms with Crippen molar-refractivity contribution in [2.45, 2.75) is 31.9 Å². The predicted octanol–water partition coefficient (Wildman–Crippen LogP) is 3.92. The minimum absolute atomic E-state index is 0.0555. The molecule has 2 amide bonds. The summed E-state index contributed by atoms with van der Waals surface area (Å²) in [7, 11) is 0. The second-order valence-corrected chi connectivity index (χ2v) is 7.96. The number of benzene rings is 1. The summed E-state index contributed by atoms with van der Waals surface area (Å²) in [6.07, 6.45) is 3.47. The maximum absolute atomic E-state index is 13.2. The molecule has 1 N–H and O–H groups in total. The number of nitrogens with zero attached hydrogens (tertiary/aromatic N) is 2. The Morgan fingerprint density at radius 1 is 1.22 bits per heavy atom. The molecule has 2 aromatic heterocycles. The van der Waals surface area contributed by atoms with Crippen LogP contribution in [-0.2, 0) is 16.1 Å². The first-order valence-electron chi connectivity index (χ1n) is 10.5. The molecule has 1 saturated heterocycles. The molecule has 4 rings (SSSR count). The van der Waals surface area contributed by atoms with Crippen molar-refractivity contribution in [1.82, 2.24) is 15.4 Å². The van der Waals surface area contributed by atoms with Crippen LogP contribution >= 0.6 is 11.6 Å². The predicted molar refractivity (Wildman–Crippen MR) is 117 cm³/mol. The van der Waals surface area contributed by atoms with Crippen LogP contribution in [0.2, 0.25) is 5.02 Å². The van der Waals surface area contributed by atoms with Gasteiger partial charge in [0.05, 0.1) is 23.9 Å². The normalized spacial score (nSPS) is 15.6. The van der Waals surface area contributed by atoms with Gasteiger partial charge in [-0.1, -0.05) is 28.9 Å². The van der Waals surface area contributed by atoms with Crippen molar-refractivity contribution in [3.8, 4) is 11.3 Å². The molecule has 3 aromatic rings. The van der Waals surface area contributed by atoms with Crippen molar-refractivity contribution in [1.29, 1.82) is 0 Å². The van der Waals surface area contributed by atoms with Crippen LogP contribution in [0.1, 0.15) is 35.5 Å². The van der Waals surface area contributed by atoms with E-state index in [-0.39, 0.29) is 36.6 Å². The number of ether oxygens (including phenoxy) is 1. The van der Waals surface area contributed by atoms with E-state index in [0.717, 1.165) is 12.8 Å². The summed E-state index contributed by atoms with van der Waals surface area (Å²) in [5, 5.41) is 7.25. The highest BCUT2D eigenvalue weighted by atomic mass is 35.5. The first-order valence-corrected chi connectivity index (χ1v) is 10.9. The van der Waals surface area contributed by atoms with Crippen molar-refractivity contribution < 1.29 is 23.3 Å². The molecule has 32 heavy (non-hydrogen) atoms. The molecule has 0 unspecified atom stereocenters. The van der Waals surface area contributed by atoms with E-state index in [9.17, 15) is 9.59 Å². The lowest BCUT2D eigenvalue weighted by molar-refractivity contribution is -0.121. The van der Waals surface area contributed by atoms with Gasteiger partial charge in [-0.25, -0.2) is 0 Å². The smallest absolute Gasteiger partial charge is 0.276 e. The highest BCUT2D eigenvalue weighted by Gasteiger charge is 2.26. The number of hydrogen-bond donors (Lipinski definition) is 1. The molecule has 168 valence electrons. The fourth-order valence-corrected chi connectivity index (χ4v) is 3.79. The van der Waals surface area contributed by atoms with Gasteiger partial charge < -0.3 is 23.9 Å². The molecule has 8 nitrogen and oxygen atoms in total. The van der Waals surface area contributed by atoms with Crippen LogP contribution in [-0.4, -0.2) is 47.7 Å². The fraction of sp³-hybridized carbons (Fsp3) is 0.348. The molecule has 1 atom stereocenters. The molecule has 0 saturated carbocycles. The SMILES string of the molecule is O=C(CCN(C[C@H]1CCCO1)C(=O)c1cc(-c2ccccc2Cl)on1)NCc1ccco1. The monoisotopic (exact) mass is 457 g/mol. The van der Waals surface area contributed by atoms with Gasteiger partial charge in [-0.15, -0.1) is 0 Å². The molecule has 1 aromatic carbocycles. The molecule has 3 heterocycles. The Balaban J connectivity index is 1.41. The minimum Gasteiger partial charge on any atom is -0.467 e. The van der Waals surface area contributed by atoms with Crippen molar-refractivity contribution in [2.75, 3.05) is 19.7 Å². The Morgan fingerprint density at radius 3 is 2.84 bits per heavy atom. The summed E-state index contributed by atoms with van der Waals surface area (Å²) < 4.78 is 16.3. The maximum atomic E-state index is 13.2. The van der Waals surface area contributed by atoms with Gasteiger partial charge in [0, 0.05) is 37.7 Å². The number of amides is 2. The van der Waals surface area contributed by atoms with Gasteiger partial charge in [0.1, 0.15) is 5.76 Å². The largest absolute Gasteiger partial charge is 0.467 e. The highest BCUT2D eigenvalue weighted by molar-refractivity contribution is 6.33. The lowest BCUT2D eigenvalue weighted by atomic mass is 10.1. The van der Waals surface area contributed by atoms with Crippen molar-refractivity contribution in [2.24, 2.45) is 0 Å². The second-order valence-electron chi connectivity index (χ2n) is 7.55. The van der Waals surface area contributed by atoms with Gasteiger partial charge in [-0.05, 0) is 37.1 Å². The lowest BCUT2D eigenvalue weighted by Gasteiger charge is -2.24. The Bertz CT molecular complexity index is 1040. The number of aromatic nitrogens is 1. The molecule has 1 aliphatic rings. The molecule has 1 fully saturated rings. The summed E-state index contributed by atoms with van der Waals surface area (Å²) in [5.41, 5.74) is 0.817. The summed E-state index contributed by atoms with van der Waals surface area (Å²) in [6, 6.07) is 12.3. The number of carbonyl (C=O) groups is 2. The third kappa shape index (κ3) is 5.57. The van der Waals surface area contributed by atoms with E-state index in [0.29, 0.717) is 41.8 Å². The molecular formula is C23H24ClN3O5. The average Bonchev–Trinajstić information content (AvgIpc) is 3.58. The summed E-state index contributed by atoms with van der Waals surface area (Å²) in [4.78, 5) is 27.1. The highest BCUT2D eigenvalue weighted by Crippen LogP contribution is 2.28. The average molecular weight is 458 g/mol. The third-order valence-electron chi connectivity index (χ3n) is 5.25. The third-order valence-corrected chi connectivity index (χ3v) is 5.58. The maximum Gasteiger partial charge on any atom is 0.276 e. The van der Waals surface area contributed by atoms with Crippen LogP contribution in [0.4, 0.5) is 0 Å². The summed E-state index contributed by atoms with van der Waals surface area (Å²) in [6.45, 7) is 1.60.